The standard InChI is InChI=1S/C19H39N3O3/c1-4-9-19(23,10-5-2)16-22-18(20-6-3)21-11-7-12-24-14-17-8-13-25-15-17/h17,23H,4-16H2,1-3H3,(H2,20,21,22). The number of ether oxygens (including phenoxy) is 2. The molecule has 25 heavy (non-hydrogen) atoms. The fourth-order valence-corrected chi connectivity index (χ4v) is 3.13. The summed E-state index contributed by atoms with van der Waals surface area (Å²) in [6, 6.07) is 0. The van der Waals surface area contributed by atoms with E-state index >= 15 is 0 Å². The van der Waals surface area contributed by atoms with Crippen LogP contribution in [0.5, 0.6) is 0 Å². The Bertz CT molecular complexity index is 352. The van der Waals surface area contributed by atoms with Gasteiger partial charge in [-0.1, -0.05) is 26.7 Å². The Morgan fingerprint density at radius 2 is 2.00 bits per heavy atom. The molecule has 0 spiro atoms. The summed E-state index contributed by atoms with van der Waals surface area (Å²) >= 11 is 0. The lowest BCUT2D eigenvalue weighted by Crippen LogP contribution is -2.40. The Balaban J connectivity index is 2.26. The molecule has 1 atom stereocenters. The normalized spacial score (nSPS) is 18.6. The van der Waals surface area contributed by atoms with Crippen molar-refractivity contribution in [2.24, 2.45) is 10.9 Å². The van der Waals surface area contributed by atoms with E-state index in [0.717, 1.165) is 84.0 Å². The van der Waals surface area contributed by atoms with E-state index in [-0.39, 0.29) is 0 Å². The van der Waals surface area contributed by atoms with Crippen LogP contribution in [0.1, 0.15) is 59.3 Å². The van der Waals surface area contributed by atoms with Crippen LogP contribution < -0.4 is 10.6 Å². The summed E-state index contributed by atoms with van der Waals surface area (Å²) in [5.74, 6) is 1.35. The molecule has 0 radical (unpaired) electrons. The number of hydrogen-bond acceptors (Lipinski definition) is 4. The van der Waals surface area contributed by atoms with Gasteiger partial charge in [0.15, 0.2) is 5.96 Å². The molecule has 1 unspecified atom stereocenters. The Labute approximate surface area is 153 Å². The zero-order chi connectivity index (χ0) is 18.4. The van der Waals surface area contributed by atoms with Crippen LogP contribution in [-0.4, -0.2) is 62.7 Å². The van der Waals surface area contributed by atoms with Gasteiger partial charge < -0.3 is 25.2 Å². The maximum absolute atomic E-state index is 10.7. The van der Waals surface area contributed by atoms with Crippen molar-refractivity contribution in [2.45, 2.75) is 64.9 Å². The van der Waals surface area contributed by atoms with Crippen LogP contribution in [0, 0.1) is 5.92 Å². The highest BCUT2D eigenvalue weighted by Crippen LogP contribution is 2.19. The van der Waals surface area contributed by atoms with Crippen molar-refractivity contribution in [3.05, 3.63) is 0 Å². The lowest BCUT2D eigenvalue weighted by Gasteiger charge is -2.26. The molecule has 1 aliphatic rings. The minimum Gasteiger partial charge on any atom is -0.388 e. The predicted molar refractivity (Wildman–Crippen MR) is 103 cm³/mol. The molecule has 0 aromatic rings. The second-order valence-electron chi connectivity index (χ2n) is 7.00. The Morgan fingerprint density at radius 1 is 1.24 bits per heavy atom. The van der Waals surface area contributed by atoms with E-state index in [1.165, 1.54) is 0 Å². The summed E-state index contributed by atoms with van der Waals surface area (Å²) in [6.45, 7) is 11.6. The highest BCUT2D eigenvalue weighted by atomic mass is 16.5. The molecule has 0 bridgehead atoms. The zero-order valence-electron chi connectivity index (χ0n) is 16.5. The van der Waals surface area contributed by atoms with E-state index in [9.17, 15) is 5.11 Å². The zero-order valence-corrected chi connectivity index (χ0v) is 16.5. The topological polar surface area (TPSA) is 75.1 Å². The second kappa shape index (κ2) is 13.4. The first kappa shape index (κ1) is 22.2. The van der Waals surface area contributed by atoms with Crippen molar-refractivity contribution in [3.8, 4) is 0 Å². The number of rotatable bonds is 13. The molecule has 1 aliphatic heterocycles. The van der Waals surface area contributed by atoms with E-state index in [1.54, 1.807) is 0 Å². The fraction of sp³-hybridized carbons (Fsp3) is 0.947. The van der Waals surface area contributed by atoms with Gasteiger partial charge in [-0.3, -0.25) is 4.99 Å². The van der Waals surface area contributed by atoms with E-state index < -0.39 is 5.60 Å². The molecule has 6 nitrogen and oxygen atoms in total. The molecule has 1 fully saturated rings. The van der Waals surface area contributed by atoms with Crippen molar-refractivity contribution in [2.75, 3.05) is 46.1 Å². The predicted octanol–water partition coefficient (Wildman–Crippen LogP) is 2.32. The lowest BCUT2D eigenvalue weighted by molar-refractivity contribution is 0.0306. The van der Waals surface area contributed by atoms with Gasteiger partial charge in [-0.05, 0) is 32.6 Å². The molecule has 1 heterocycles. The first-order valence-corrected chi connectivity index (χ1v) is 10.0. The van der Waals surface area contributed by atoms with Gasteiger partial charge in [0.05, 0.1) is 25.4 Å². The van der Waals surface area contributed by atoms with Gasteiger partial charge in [-0.2, -0.15) is 0 Å². The van der Waals surface area contributed by atoms with Crippen LogP contribution in [0.2, 0.25) is 0 Å². The summed E-state index contributed by atoms with van der Waals surface area (Å²) in [7, 11) is 0. The summed E-state index contributed by atoms with van der Waals surface area (Å²) < 4.78 is 11.1. The summed E-state index contributed by atoms with van der Waals surface area (Å²) in [5.41, 5.74) is -0.682. The minimum absolute atomic E-state index is 0.447. The summed E-state index contributed by atoms with van der Waals surface area (Å²) in [6.07, 6.45) is 5.59. The molecule has 0 saturated carbocycles. The first-order valence-electron chi connectivity index (χ1n) is 10.0. The molecule has 6 heteroatoms. The van der Waals surface area contributed by atoms with E-state index in [0.29, 0.717) is 12.5 Å². The number of guanidine groups is 1. The Kier molecular flexibility index (Phi) is 11.9. The molecule has 3 N–H and O–H groups in total. The van der Waals surface area contributed by atoms with Crippen molar-refractivity contribution < 1.29 is 14.6 Å². The average molecular weight is 358 g/mol. The molecular weight excluding hydrogens is 318 g/mol. The maximum atomic E-state index is 10.7. The Hall–Kier alpha value is -0.850. The van der Waals surface area contributed by atoms with Crippen molar-refractivity contribution >= 4 is 5.96 Å². The smallest absolute Gasteiger partial charge is 0.191 e. The number of aliphatic imine (C=N–C) groups is 1. The van der Waals surface area contributed by atoms with Crippen LogP contribution in [0.15, 0.2) is 4.99 Å². The quantitative estimate of drug-likeness (QED) is 0.268. The molecule has 148 valence electrons. The molecular formula is C19H39N3O3. The third-order valence-corrected chi connectivity index (χ3v) is 4.44. The number of hydrogen-bond donors (Lipinski definition) is 3. The maximum Gasteiger partial charge on any atom is 0.191 e. The van der Waals surface area contributed by atoms with Gasteiger partial charge in [0.2, 0.25) is 0 Å². The number of nitrogens with one attached hydrogen (secondary N) is 2. The van der Waals surface area contributed by atoms with Crippen LogP contribution in [0.3, 0.4) is 0 Å². The van der Waals surface area contributed by atoms with Crippen LogP contribution in [0.25, 0.3) is 0 Å². The van der Waals surface area contributed by atoms with Gasteiger partial charge in [0.1, 0.15) is 0 Å². The van der Waals surface area contributed by atoms with Crippen LogP contribution in [-0.2, 0) is 9.47 Å². The molecule has 1 saturated heterocycles. The molecule has 1 rings (SSSR count). The third-order valence-electron chi connectivity index (χ3n) is 4.44. The van der Waals surface area contributed by atoms with Crippen molar-refractivity contribution in [3.63, 3.8) is 0 Å². The van der Waals surface area contributed by atoms with Crippen LogP contribution >= 0.6 is 0 Å². The molecule has 0 aliphatic carbocycles. The van der Waals surface area contributed by atoms with Gasteiger partial charge in [-0.25, -0.2) is 0 Å². The molecule has 0 aromatic carbocycles. The van der Waals surface area contributed by atoms with E-state index in [2.05, 4.69) is 29.5 Å². The molecule has 0 amide bonds. The lowest BCUT2D eigenvalue weighted by atomic mass is 9.93. The van der Waals surface area contributed by atoms with Gasteiger partial charge in [0.25, 0.3) is 0 Å². The van der Waals surface area contributed by atoms with Gasteiger partial charge in [0, 0.05) is 32.2 Å². The summed E-state index contributed by atoms with van der Waals surface area (Å²) in [5, 5.41) is 17.3. The fourth-order valence-electron chi connectivity index (χ4n) is 3.13. The summed E-state index contributed by atoms with van der Waals surface area (Å²) in [4.78, 5) is 4.59. The van der Waals surface area contributed by atoms with Gasteiger partial charge in [-0.15, -0.1) is 0 Å². The van der Waals surface area contributed by atoms with Gasteiger partial charge >= 0.3 is 0 Å². The first-order chi connectivity index (χ1) is 12.1. The minimum atomic E-state index is -0.682. The van der Waals surface area contributed by atoms with E-state index in [4.69, 9.17) is 9.47 Å². The monoisotopic (exact) mass is 357 g/mol. The van der Waals surface area contributed by atoms with Crippen molar-refractivity contribution in [1.82, 2.24) is 10.6 Å². The SMILES string of the molecule is CCCC(O)(CCC)CN=C(NCC)NCCCOCC1CCOC1. The third kappa shape index (κ3) is 10.0. The number of aliphatic hydroxyl groups is 1. The Morgan fingerprint density at radius 3 is 2.60 bits per heavy atom. The highest BCUT2D eigenvalue weighted by molar-refractivity contribution is 5.79. The second-order valence-corrected chi connectivity index (χ2v) is 7.00. The highest BCUT2D eigenvalue weighted by Gasteiger charge is 2.24. The average Bonchev–Trinajstić information content (AvgIpc) is 3.09. The van der Waals surface area contributed by atoms with Crippen LogP contribution in [0.4, 0.5) is 0 Å². The van der Waals surface area contributed by atoms with Crippen molar-refractivity contribution in [1.29, 1.82) is 0 Å². The largest absolute Gasteiger partial charge is 0.388 e. The van der Waals surface area contributed by atoms with E-state index in [1.807, 2.05) is 6.92 Å². The molecule has 0 aromatic heterocycles. The number of nitrogens with zero attached hydrogens (tertiary/aromatic N) is 1.